The van der Waals surface area contributed by atoms with Gasteiger partial charge in [0.15, 0.2) is 0 Å². The van der Waals surface area contributed by atoms with Gasteiger partial charge in [0.1, 0.15) is 12.0 Å². The van der Waals surface area contributed by atoms with Crippen LogP contribution in [0.1, 0.15) is 29.3 Å². The van der Waals surface area contributed by atoms with Gasteiger partial charge in [-0.15, -0.1) is 0 Å². The van der Waals surface area contributed by atoms with Crippen LogP contribution in [0.5, 0.6) is 5.75 Å². The molecule has 2 aliphatic heterocycles. The molecule has 2 atom stereocenters. The van der Waals surface area contributed by atoms with Crippen LogP contribution in [-0.2, 0) is 4.79 Å². The number of fused-ring (bicyclic) bond motifs is 2. The van der Waals surface area contributed by atoms with Crippen LogP contribution in [0.25, 0.3) is 0 Å². The first-order valence-electron chi connectivity index (χ1n) is 8.60. The fourth-order valence-corrected chi connectivity index (χ4v) is 3.24. The van der Waals surface area contributed by atoms with Gasteiger partial charge in [-0.1, -0.05) is 12.1 Å². The summed E-state index contributed by atoms with van der Waals surface area (Å²) in [5.41, 5.74) is 2.67. The third-order valence-electron chi connectivity index (χ3n) is 4.57. The van der Waals surface area contributed by atoms with E-state index in [2.05, 4.69) is 10.6 Å². The molecule has 0 radical (unpaired) electrons. The van der Waals surface area contributed by atoms with Gasteiger partial charge < -0.3 is 25.4 Å². The van der Waals surface area contributed by atoms with Crippen LogP contribution >= 0.6 is 0 Å². The highest BCUT2D eigenvalue weighted by atomic mass is 16.5. The van der Waals surface area contributed by atoms with E-state index < -0.39 is 12.3 Å². The van der Waals surface area contributed by atoms with Gasteiger partial charge in [0.2, 0.25) is 5.91 Å². The molecule has 0 aromatic heterocycles. The van der Waals surface area contributed by atoms with E-state index in [1.54, 1.807) is 25.4 Å². The molecule has 2 aliphatic rings. The van der Waals surface area contributed by atoms with E-state index in [-0.39, 0.29) is 11.8 Å². The Balaban J connectivity index is 1.98. The second kappa shape index (κ2) is 7.21. The van der Waals surface area contributed by atoms with Crippen molar-refractivity contribution in [3.63, 3.8) is 0 Å². The third-order valence-corrected chi connectivity index (χ3v) is 4.57. The predicted molar refractivity (Wildman–Crippen MR) is 97.8 cm³/mol. The first-order valence-corrected chi connectivity index (χ1v) is 8.60. The molecule has 26 heavy (non-hydrogen) atoms. The lowest BCUT2D eigenvalue weighted by molar-refractivity contribution is -0.116. The minimum absolute atomic E-state index is 0.210. The van der Waals surface area contributed by atoms with Gasteiger partial charge in [-0.25, -0.2) is 0 Å². The zero-order valence-corrected chi connectivity index (χ0v) is 15.1. The van der Waals surface area contributed by atoms with Crippen molar-refractivity contribution in [1.29, 1.82) is 0 Å². The van der Waals surface area contributed by atoms with Gasteiger partial charge in [-0.2, -0.15) is 0 Å². The predicted octanol–water partition coefficient (Wildman–Crippen LogP) is 1.54. The molecule has 0 bridgehead atoms. The third kappa shape index (κ3) is 3.17. The summed E-state index contributed by atoms with van der Waals surface area (Å²) in [6.45, 7) is 4.24. The number of hydrogen-bond donors (Lipinski definition) is 3. The van der Waals surface area contributed by atoms with Gasteiger partial charge in [0, 0.05) is 19.3 Å². The number of aliphatic hydroxyl groups excluding tert-OH is 1. The smallest absolute Gasteiger partial charge is 0.260 e. The van der Waals surface area contributed by atoms with Gasteiger partial charge in [0.05, 0.1) is 23.9 Å². The van der Waals surface area contributed by atoms with E-state index >= 15 is 0 Å². The highest BCUT2D eigenvalue weighted by molar-refractivity contribution is 6.03. The molecule has 7 heteroatoms. The van der Waals surface area contributed by atoms with E-state index in [9.17, 15) is 14.7 Å². The highest BCUT2D eigenvalue weighted by Crippen LogP contribution is 2.39. The number of nitrogens with zero attached hydrogens (tertiary/aromatic N) is 1. The summed E-state index contributed by atoms with van der Waals surface area (Å²) in [4.78, 5) is 25.9. The maximum absolute atomic E-state index is 13.0. The van der Waals surface area contributed by atoms with Crippen molar-refractivity contribution in [3.8, 4) is 5.75 Å². The SMILES string of the molecule is CCOc1c(C)ccc2c1N[C@H](O)[C@@H]1CC(C=CC(=O)NC)=CN1C2=O. The molecule has 3 N–H and O–H groups in total. The number of benzene rings is 1. The normalized spacial score (nSPS) is 21.6. The van der Waals surface area contributed by atoms with Crippen LogP contribution in [-0.4, -0.2) is 47.7 Å². The summed E-state index contributed by atoms with van der Waals surface area (Å²) in [6.07, 6.45) is 4.25. The van der Waals surface area contributed by atoms with E-state index in [4.69, 9.17) is 4.74 Å². The number of carbonyl (C=O) groups excluding carboxylic acids is 2. The number of rotatable bonds is 4. The lowest BCUT2D eigenvalue weighted by atomic mass is 10.1. The Labute approximate surface area is 152 Å². The van der Waals surface area contributed by atoms with Crippen LogP contribution in [0.2, 0.25) is 0 Å². The minimum Gasteiger partial charge on any atom is -0.491 e. The van der Waals surface area contributed by atoms with Crippen molar-refractivity contribution in [2.75, 3.05) is 19.0 Å². The molecule has 3 rings (SSSR count). The summed E-state index contributed by atoms with van der Waals surface area (Å²) in [7, 11) is 1.55. The number of nitrogens with one attached hydrogen (secondary N) is 2. The van der Waals surface area contributed by atoms with E-state index in [0.29, 0.717) is 30.0 Å². The van der Waals surface area contributed by atoms with Crippen molar-refractivity contribution in [1.82, 2.24) is 10.2 Å². The zero-order chi connectivity index (χ0) is 18.8. The molecule has 2 amide bonds. The Bertz CT molecular complexity index is 800. The van der Waals surface area contributed by atoms with Gasteiger partial charge in [-0.05, 0) is 37.5 Å². The number of anilines is 1. The molecule has 1 aromatic carbocycles. The molecule has 0 unspecified atom stereocenters. The first kappa shape index (κ1) is 18.0. The fourth-order valence-electron chi connectivity index (χ4n) is 3.24. The molecular weight excluding hydrogens is 334 g/mol. The van der Waals surface area contributed by atoms with Crippen molar-refractivity contribution in [3.05, 3.63) is 47.2 Å². The quantitative estimate of drug-likeness (QED) is 0.711. The number of hydrogen-bond acceptors (Lipinski definition) is 5. The first-order chi connectivity index (χ1) is 12.5. The summed E-state index contributed by atoms with van der Waals surface area (Å²) in [5, 5.41) is 16.2. The zero-order valence-electron chi connectivity index (χ0n) is 15.1. The Kier molecular flexibility index (Phi) is 4.99. The Morgan fingerprint density at radius 3 is 2.96 bits per heavy atom. The van der Waals surface area contributed by atoms with Gasteiger partial charge in [-0.3, -0.25) is 9.59 Å². The molecule has 0 aliphatic carbocycles. The average molecular weight is 357 g/mol. The molecule has 7 nitrogen and oxygen atoms in total. The number of aryl methyl sites for hydroxylation is 1. The number of likely N-dealkylation sites (N-methyl/N-ethyl adjacent to an activating group) is 1. The number of ether oxygens (including phenoxy) is 1. The van der Waals surface area contributed by atoms with Crippen molar-refractivity contribution in [2.45, 2.75) is 32.5 Å². The molecular formula is C19H23N3O4. The lowest BCUT2D eigenvalue weighted by Crippen LogP contribution is -2.42. The highest BCUT2D eigenvalue weighted by Gasteiger charge is 2.39. The molecule has 0 spiro atoms. The van der Waals surface area contributed by atoms with Crippen molar-refractivity contribution < 1.29 is 19.4 Å². The monoisotopic (exact) mass is 357 g/mol. The number of allylic oxidation sites excluding steroid dienone is 1. The molecule has 0 fully saturated rings. The largest absolute Gasteiger partial charge is 0.491 e. The van der Waals surface area contributed by atoms with Crippen molar-refractivity contribution in [2.24, 2.45) is 0 Å². The Hall–Kier alpha value is -2.80. The van der Waals surface area contributed by atoms with Crippen molar-refractivity contribution >= 4 is 17.5 Å². The molecule has 138 valence electrons. The Morgan fingerprint density at radius 2 is 2.27 bits per heavy atom. The summed E-state index contributed by atoms with van der Waals surface area (Å²) < 4.78 is 5.69. The maximum atomic E-state index is 13.0. The summed E-state index contributed by atoms with van der Waals surface area (Å²) in [6, 6.07) is 3.13. The minimum atomic E-state index is -0.955. The molecule has 0 saturated carbocycles. The molecule has 2 heterocycles. The maximum Gasteiger partial charge on any atom is 0.260 e. The number of aliphatic hydroxyl groups is 1. The lowest BCUT2D eigenvalue weighted by Gasteiger charge is -2.25. The van der Waals surface area contributed by atoms with E-state index in [1.807, 2.05) is 19.9 Å². The number of amides is 2. The van der Waals surface area contributed by atoms with Crippen LogP contribution in [0, 0.1) is 6.92 Å². The number of carbonyl (C=O) groups is 2. The van der Waals surface area contributed by atoms with Crippen LogP contribution in [0.15, 0.2) is 36.1 Å². The van der Waals surface area contributed by atoms with E-state index in [0.717, 1.165) is 11.1 Å². The summed E-state index contributed by atoms with van der Waals surface area (Å²) >= 11 is 0. The fraction of sp³-hybridized carbons (Fsp3) is 0.368. The average Bonchev–Trinajstić information content (AvgIpc) is 3.03. The Morgan fingerprint density at radius 1 is 1.50 bits per heavy atom. The van der Waals surface area contributed by atoms with Crippen LogP contribution in [0.3, 0.4) is 0 Å². The summed E-state index contributed by atoms with van der Waals surface area (Å²) in [5.74, 6) is 0.154. The van der Waals surface area contributed by atoms with Crippen LogP contribution < -0.4 is 15.4 Å². The second-order valence-electron chi connectivity index (χ2n) is 6.29. The van der Waals surface area contributed by atoms with Gasteiger partial charge >= 0.3 is 0 Å². The second-order valence-corrected chi connectivity index (χ2v) is 6.29. The standard InChI is InChI=1S/C19H23N3O4/c1-4-26-17-11(2)5-7-13-16(17)21-18(24)14-9-12(6-8-15(23)20-3)10-22(14)19(13)25/h5-8,10,14,18,21,24H,4,9H2,1-3H3,(H,20,23)/t14-,18+/m0/s1. The van der Waals surface area contributed by atoms with Gasteiger partial charge in [0.25, 0.3) is 5.91 Å². The molecule has 0 saturated heterocycles. The van der Waals surface area contributed by atoms with E-state index in [1.165, 1.54) is 11.0 Å². The topological polar surface area (TPSA) is 90.9 Å². The van der Waals surface area contributed by atoms with Crippen LogP contribution in [0.4, 0.5) is 5.69 Å². The molecule has 1 aromatic rings.